The summed E-state index contributed by atoms with van der Waals surface area (Å²) in [6.45, 7) is 13.9. The molecule has 0 aliphatic heterocycles. The van der Waals surface area contributed by atoms with Gasteiger partial charge in [-0.05, 0) is 45.4 Å². The van der Waals surface area contributed by atoms with E-state index in [9.17, 15) is 0 Å². The Labute approximate surface area is 153 Å². The van der Waals surface area contributed by atoms with Gasteiger partial charge in [0.15, 0.2) is 6.61 Å². The molecule has 0 amide bonds. The number of rotatable bonds is 6. The predicted octanol–water partition coefficient (Wildman–Crippen LogP) is 6.37. The summed E-state index contributed by atoms with van der Waals surface area (Å²) in [6.07, 6.45) is 2.96. The average molecular weight is 355 g/mol. The smallest absolute Gasteiger partial charge is 0.272 e. The fourth-order valence-corrected chi connectivity index (χ4v) is 8.84. The van der Waals surface area contributed by atoms with Crippen molar-refractivity contribution in [2.24, 2.45) is 0 Å². The molecule has 0 aromatic heterocycles. The molecule has 0 aliphatic rings. The van der Waals surface area contributed by atoms with Crippen LogP contribution >= 0.6 is 0 Å². The second kappa shape index (κ2) is 8.45. The van der Waals surface area contributed by atoms with Crippen molar-refractivity contribution in [3.63, 3.8) is 0 Å². The zero-order valence-corrected chi connectivity index (χ0v) is 17.3. The third kappa shape index (κ3) is 4.38. The third-order valence-corrected chi connectivity index (χ3v) is 10.9. The fourth-order valence-electron chi connectivity index (χ4n) is 3.88. The van der Waals surface area contributed by atoms with E-state index in [2.05, 4.69) is 71.8 Å². The maximum absolute atomic E-state index is 6.22. The maximum atomic E-state index is 6.22. The van der Waals surface area contributed by atoms with Gasteiger partial charge in [-0.1, -0.05) is 71.9 Å². The topological polar surface area (TPSA) is 18.5 Å². The largest absolute Gasteiger partial charge is 0.499 e. The molecule has 0 spiro atoms. The highest BCUT2D eigenvalue weighted by Crippen LogP contribution is 2.41. The van der Waals surface area contributed by atoms with Crippen LogP contribution in [-0.4, -0.2) is 14.9 Å². The molecule has 134 valence electrons. The monoisotopic (exact) mass is 354 g/mol. The molecule has 0 unspecified atom stereocenters. The molecule has 0 bridgehead atoms. The molecule has 0 N–H and O–H groups in total. The summed E-state index contributed by atoms with van der Waals surface area (Å²) in [5.41, 5.74) is 1.59. The van der Waals surface area contributed by atoms with Crippen molar-refractivity contribution < 1.29 is 9.16 Å². The minimum absolute atomic E-state index is 0.344. The molecule has 25 heavy (non-hydrogen) atoms. The molecule has 0 atom stereocenters. The first-order valence-electron chi connectivity index (χ1n) is 9.15. The van der Waals surface area contributed by atoms with Crippen molar-refractivity contribution >= 4 is 19.1 Å². The Morgan fingerprint density at radius 1 is 0.840 bits per heavy atom. The summed E-state index contributed by atoms with van der Waals surface area (Å²) < 4.78 is 12.0. The van der Waals surface area contributed by atoms with Crippen LogP contribution < -0.4 is 4.74 Å². The predicted molar refractivity (Wildman–Crippen MR) is 109 cm³/mol. The van der Waals surface area contributed by atoms with Crippen molar-refractivity contribution in [3.8, 4) is 17.8 Å². The van der Waals surface area contributed by atoms with Crippen LogP contribution in [0.4, 0.5) is 0 Å². The molecular formula is C22H30O2Si. The summed E-state index contributed by atoms with van der Waals surface area (Å²) in [6, 6.07) is 14.4. The van der Waals surface area contributed by atoms with Crippen LogP contribution in [0.25, 0.3) is 10.8 Å². The molecule has 3 heteroatoms. The van der Waals surface area contributed by atoms with Crippen LogP contribution in [-0.2, 0) is 4.43 Å². The van der Waals surface area contributed by atoms with Crippen molar-refractivity contribution in [1.82, 2.24) is 0 Å². The first-order chi connectivity index (χ1) is 11.9. The molecule has 0 aliphatic carbocycles. The zero-order valence-electron chi connectivity index (χ0n) is 16.3. The van der Waals surface area contributed by atoms with E-state index in [1.54, 1.807) is 0 Å². The highest BCUT2D eigenvalue weighted by Gasteiger charge is 2.46. The lowest BCUT2D eigenvalue weighted by Gasteiger charge is -2.39. The van der Waals surface area contributed by atoms with E-state index in [1.807, 2.05) is 24.3 Å². The summed E-state index contributed by atoms with van der Waals surface area (Å²) in [5.74, 6) is 3.88. The van der Waals surface area contributed by atoms with Crippen molar-refractivity contribution in [2.45, 2.75) is 58.2 Å². The highest BCUT2D eigenvalue weighted by molar-refractivity contribution is 6.77. The lowest BCUT2D eigenvalue weighted by molar-refractivity contribution is 0.368. The molecule has 2 rings (SSSR count). The standard InChI is InChI=1S/C22H30O2Si/c1-17(2)25(18(3)4,19(5)6)24-15-9-14-23-22-13-12-20-10-7-8-11-21(20)16-22/h7-8,10-13,16-19H,14H2,1-6H3. The quantitative estimate of drug-likeness (QED) is 0.443. The molecule has 2 aromatic rings. The lowest BCUT2D eigenvalue weighted by Crippen LogP contribution is -2.46. The van der Waals surface area contributed by atoms with Gasteiger partial charge in [0.25, 0.3) is 8.32 Å². The van der Waals surface area contributed by atoms with E-state index >= 15 is 0 Å². The van der Waals surface area contributed by atoms with Crippen molar-refractivity contribution in [1.29, 1.82) is 0 Å². The van der Waals surface area contributed by atoms with E-state index in [0.717, 1.165) is 5.75 Å². The Hall–Kier alpha value is -1.92. The van der Waals surface area contributed by atoms with Gasteiger partial charge in [-0.15, -0.1) is 0 Å². The van der Waals surface area contributed by atoms with E-state index in [-0.39, 0.29) is 0 Å². The normalized spacial score (nSPS) is 11.7. The molecule has 0 radical (unpaired) electrons. The van der Waals surface area contributed by atoms with Gasteiger partial charge < -0.3 is 9.16 Å². The molecular weight excluding hydrogens is 324 g/mol. The van der Waals surface area contributed by atoms with Crippen LogP contribution in [0, 0.1) is 12.0 Å². The number of ether oxygens (including phenoxy) is 1. The molecule has 0 fully saturated rings. The van der Waals surface area contributed by atoms with Gasteiger partial charge in [-0.2, -0.15) is 0 Å². The summed E-state index contributed by atoms with van der Waals surface area (Å²) in [5, 5.41) is 2.39. The molecule has 0 heterocycles. The van der Waals surface area contributed by atoms with Crippen molar-refractivity contribution in [2.75, 3.05) is 6.61 Å². The number of hydrogen-bond donors (Lipinski definition) is 0. The van der Waals surface area contributed by atoms with E-state index in [4.69, 9.17) is 9.16 Å². The minimum Gasteiger partial charge on any atom is -0.499 e. The number of benzene rings is 2. The van der Waals surface area contributed by atoms with Crippen LogP contribution in [0.15, 0.2) is 42.5 Å². The summed E-state index contributed by atoms with van der Waals surface area (Å²) >= 11 is 0. The van der Waals surface area contributed by atoms with Crippen LogP contribution in [0.3, 0.4) is 0 Å². The molecule has 2 nitrogen and oxygen atoms in total. The Balaban J connectivity index is 2.01. The second-order valence-corrected chi connectivity index (χ2v) is 12.9. The van der Waals surface area contributed by atoms with Gasteiger partial charge in [0.2, 0.25) is 0 Å². The maximum Gasteiger partial charge on any atom is 0.272 e. The van der Waals surface area contributed by atoms with Crippen LogP contribution in [0.5, 0.6) is 5.75 Å². The first kappa shape index (κ1) is 19.4. The van der Waals surface area contributed by atoms with Crippen LogP contribution in [0.2, 0.25) is 16.6 Å². The SMILES string of the molecule is CC(C)[Si](OC#CCOc1ccc2ccccc2c1)(C(C)C)C(C)C. The fraction of sp³-hybridized carbons (Fsp3) is 0.455. The van der Waals surface area contributed by atoms with E-state index < -0.39 is 8.32 Å². The van der Waals surface area contributed by atoms with E-state index in [1.165, 1.54) is 10.8 Å². The summed E-state index contributed by atoms with van der Waals surface area (Å²) in [4.78, 5) is 0. The Morgan fingerprint density at radius 2 is 1.44 bits per heavy atom. The summed E-state index contributed by atoms with van der Waals surface area (Å²) in [7, 11) is -1.92. The van der Waals surface area contributed by atoms with Gasteiger partial charge in [0.1, 0.15) is 5.75 Å². The van der Waals surface area contributed by atoms with Crippen molar-refractivity contribution in [3.05, 3.63) is 42.5 Å². The molecule has 0 saturated carbocycles. The molecule has 0 saturated heterocycles. The van der Waals surface area contributed by atoms with Gasteiger partial charge in [0, 0.05) is 0 Å². The van der Waals surface area contributed by atoms with E-state index in [0.29, 0.717) is 23.2 Å². The van der Waals surface area contributed by atoms with Gasteiger partial charge >= 0.3 is 0 Å². The third-order valence-electron chi connectivity index (χ3n) is 5.04. The number of hydrogen-bond acceptors (Lipinski definition) is 2. The Kier molecular flexibility index (Phi) is 6.55. The Bertz CT molecular complexity index is 731. The van der Waals surface area contributed by atoms with Gasteiger partial charge in [0.05, 0.1) is 6.11 Å². The Morgan fingerprint density at radius 3 is 2.04 bits per heavy atom. The molecule has 2 aromatic carbocycles. The van der Waals surface area contributed by atoms with Gasteiger partial charge in [-0.3, -0.25) is 0 Å². The first-order valence-corrected chi connectivity index (χ1v) is 11.3. The number of fused-ring (bicyclic) bond motifs is 1. The zero-order chi connectivity index (χ0) is 18.4. The van der Waals surface area contributed by atoms with Gasteiger partial charge in [-0.25, -0.2) is 0 Å². The van der Waals surface area contributed by atoms with Crippen LogP contribution in [0.1, 0.15) is 41.5 Å². The second-order valence-electron chi connectivity index (χ2n) is 7.50. The average Bonchev–Trinajstić information content (AvgIpc) is 2.56. The minimum atomic E-state index is -1.92. The highest BCUT2D eigenvalue weighted by atomic mass is 28.4. The lowest BCUT2D eigenvalue weighted by atomic mass is 10.1.